The van der Waals surface area contributed by atoms with Crippen LogP contribution in [-0.4, -0.2) is 38.7 Å². The minimum Gasteiger partial charge on any atom is -0.369 e. The molecule has 0 atom stereocenters. The number of nitrogens with one attached hydrogen (secondary N) is 1. The average Bonchev–Trinajstić information content (AvgIpc) is 3.35. The molecule has 3 aromatic heterocycles. The SMILES string of the molecule is O=C(Cc1ccsc1)Nc1cnn(-c2ncc(N3CCCCC3)cn2)c1. The number of aromatic nitrogens is 4. The summed E-state index contributed by atoms with van der Waals surface area (Å²) >= 11 is 1.58. The van der Waals surface area contributed by atoms with Crippen LogP contribution in [0.5, 0.6) is 0 Å². The normalized spacial score (nSPS) is 14.4. The molecule has 1 saturated heterocycles. The van der Waals surface area contributed by atoms with Gasteiger partial charge in [-0.25, -0.2) is 14.6 Å². The molecule has 7 nitrogen and oxygen atoms in total. The van der Waals surface area contributed by atoms with Crippen molar-refractivity contribution in [3.05, 3.63) is 47.2 Å². The van der Waals surface area contributed by atoms with Gasteiger partial charge in [-0.2, -0.15) is 16.4 Å². The molecule has 26 heavy (non-hydrogen) atoms. The number of hydrogen-bond acceptors (Lipinski definition) is 6. The Kier molecular flexibility index (Phi) is 4.92. The largest absolute Gasteiger partial charge is 0.369 e. The lowest BCUT2D eigenvalue weighted by atomic mass is 10.1. The van der Waals surface area contributed by atoms with Crippen LogP contribution in [0.4, 0.5) is 11.4 Å². The first-order valence-electron chi connectivity index (χ1n) is 8.71. The molecule has 4 rings (SSSR count). The predicted octanol–water partition coefficient (Wildman–Crippen LogP) is 2.90. The maximum absolute atomic E-state index is 12.1. The van der Waals surface area contributed by atoms with Crippen LogP contribution in [0.15, 0.2) is 41.6 Å². The highest BCUT2D eigenvalue weighted by molar-refractivity contribution is 7.08. The van der Waals surface area contributed by atoms with Gasteiger partial charge in [-0.1, -0.05) is 0 Å². The number of rotatable bonds is 5. The molecule has 8 heteroatoms. The van der Waals surface area contributed by atoms with Gasteiger partial charge in [-0.3, -0.25) is 4.79 Å². The third-order valence-corrected chi connectivity index (χ3v) is 5.09. The van der Waals surface area contributed by atoms with E-state index in [0.29, 0.717) is 18.1 Å². The molecular formula is C18H20N6OS. The van der Waals surface area contributed by atoms with Crippen molar-refractivity contribution in [3.63, 3.8) is 0 Å². The average molecular weight is 368 g/mol. The van der Waals surface area contributed by atoms with Crippen LogP contribution in [0, 0.1) is 0 Å². The van der Waals surface area contributed by atoms with Gasteiger partial charge >= 0.3 is 0 Å². The molecule has 1 fully saturated rings. The van der Waals surface area contributed by atoms with Gasteiger partial charge in [-0.05, 0) is 41.7 Å². The van der Waals surface area contributed by atoms with Gasteiger partial charge in [0.05, 0.1) is 42.6 Å². The van der Waals surface area contributed by atoms with Crippen LogP contribution >= 0.6 is 11.3 Å². The zero-order chi connectivity index (χ0) is 17.8. The summed E-state index contributed by atoms with van der Waals surface area (Å²) in [6, 6.07) is 1.95. The highest BCUT2D eigenvalue weighted by Crippen LogP contribution is 2.18. The molecule has 0 aromatic carbocycles. The molecule has 0 radical (unpaired) electrons. The Hall–Kier alpha value is -2.74. The van der Waals surface area contributed by atoms with Crippen LogP contribution in [0.25, 0.3) is 5.95 Å². The minimum absolute atomic E-state index is 0.0654. The second-order valence-electron chi connectivity index (χ2n) is 6.32. The molecule has 0 unspecified atom stereocenters. The molecule has 1 amide bonds. The van der Waals surface area contributed by atoms with Crippen LogP contribution in [0.3, 0.4) is 0 Å². The van der Waals surface area contributed by atoms with Gasteiger partial charge in [0.15, 0.2) is 0 Å². The molecule has 0 aliphatic carbocycles. The summed E-state index contributed by atoms with van der Waals surface area (Å²) in [6.45, 7) is 2.12. The van der Waals surface area contributed by atoms with Crippen molar-refractivity contribution in [2.24, 2.45) is 0 Å². The fraction of sp³-hybridized carbons (Fsp3) is 0.333. The molecule has 134 valence electrons. The quantitative estimate of drug-likeness (QED) is 0.749. The first kappa shape index (κ1) is 16.7. The van der Waals surface area contributed by atoms with Gasteiger partial charge in [-0.15, -0.1) is 0 Å². The molecule has 1 aliphatic heterocycles. The summed E-state index contributed by atoms with van der Waals surface area (Å²) in [6.07, 6.45) is 11.1. The zero-order valence-corrected chi connectivity index (χ0v) is 15.2. The summed E-state index contributed by atoms with van der Waals surface area (Å²) in [7, 11) is 0. The minimum atomic E-state index is -0.0654. The number of carbonyl (C=O) groups excluding carboxylic acids is 1. The van der Waals surface area contributed by atoms with E-state index in [9.17, 15) is 4.79 Å². The molecule has 1 aliphatic rings. The van der Waals surface area contributed by atoms with Crippen LogP contribution in [0.2, 0.25) is 0 Å². The molecule has 4 heterocycles. The Morgan fingerprint density at radius 1 is 1.15 bits per heavy atom. The second-order valence-corrected chi connectivity index (χ2v) is 7.10. The van der Waals surface area contributed by atoms with E-state index in [1.165, 1.54) is 19.3 Å². The van der Waals surface area contributed by atoms with E-state index in [1.807, 2.05) is 29.2 Å². The smallest absolute Gasteiger partial charge is 0.250 e. The number of carbonyl (C=O) groups is 1. The predicted molar refractivity (Wildman–Crippen MR) is 102 cm³/mol. The highest BCUT2D eigenvalue weighted by atomic mass is 32.1. The van der Waals surface area contributed by atoms with Crippen LogP contribution in [-0.2, 0) is 11.2 Å². The molecular weight excluding hydrogens is 348 g/mol. The van der Waals surface area contributed by atoms with Gasteiger partial charge in [0, 0.05) is 13.1 Å². The Balaban J connectivity index is 1.40. The zero-order valence-electron chi connectivity index (χ0n) is 14.3. The number of amides is 1. The molecule has 0 saturated carbocycles. The lowest BCUT2D eigenvalue weighted by molar-refractivity contribution is -0.115. The van der Waals surface area contributed by atoms with E-state index in [2.05, 4.69) is 25.3 Å². The Labute approximate surface area is 155 Å². The Morgan fingerprint density at radius 2 is 1.96 bits per heavy atom. The third kappa shape index (κ3) is 3.91. The maximum Gasteiger partial charge on any atom is 0.250 e. The van der Waals surface area contributed by atoms with Gasteiger partial charge < -0.3 is 10.2 Å². The number of anilines is 2. The fourth-order valence-corrected chi connectivity index (χ4v) is 3.70. The highest BCUT2D eigenvalue weighted by Gasteiger charge is 2.13. The van der Waals surface area contributed by atoms with Gasteiger partial charge in [0.25, 0.3) is 5.95 Å². The summed E-state index contributed by atoms with van der Waals surface area (Å²) < 4.78 is 1.57. The van der Waals surface area contributed by atoms with Crippen LogP contribution in [0.1, 0.15) is 24.8 Å². The number of hydrogen-bond donors (Lipinski definition) is 1. The lowest BCUT2D eigenvalue weighted by Crippen LogP contribution is -2.29. The summed E-state index contributed by atoms with van der Waals surface area (Å²) in [4.78, 5) is 23.2. The van der Waals surface area contributed by atoms with E-state index < -0.39 is 0 Å². The van der Waals surface area contributed by atoms with Crippen molar-refractivity contribution >= 4 is 28.6 Å². The first-order chi connectivity index (χ1) is 12.8. The van der Waals surface area contributed by atoms with E-state index in [-0.39, 0.29) is 5.91 Å². The van der Waals surface area contributed by atoms with E-state index >= 15 is 0 Å². The van der Waals surface area contributed by atoms with E-state index in [4.69, 9.17) is 0 Å². The first-order valence-corrected chi connectivity index (χ1v) is 9.65. The van der Waals surface area contributed by atoms with Crippen molar-refractivity contribution in [2.45, 2.75) is 25.7 Å². The molecule has 0 bridgehead atoms. The monoisotopic (exact) mass is 368 g/mol. The van der Waals surface area contributed by atoms with E-state index in [1.54, 1.807) is 28.4 Å². The topological polar surface area (TPSA) is 75.9 Å². The molecule has 0 spiro atoms. The second kappa shape index (κ2) is 7.65. The van der Waals surface area contributed by atoms with Crippen molar-refractivity contribution in [2.75, 3.05) is 23.3 Å². The Bertz CT molecular complexity index is 852. The number of nitrogens with zero attached hydrogens (tertiary/aromatic N) is 5. The van der Waals surface area contributed by atoms with Crippen LogP contribution < -0.4 is 10.2 Å². The summed E-state index contributed by atoms with van der Waals surface area (Å²) in [5.41, 5.74) is 2.69. The number of piperidine rings is 1. The number of thiophene rings is 1. The Morgan fingerprint density at radius 3 is 2.69 bits per heavy atom. The van der Waals surface area contributed by atoms with Gasteiger partial charge in [0.1, 0.15) is 0 Å². The van der Waals surface area contributed by atoms with Gasteiger partial charge in [0.2, 0.25) is 5.91 Å². The summed E-state index contributed by atoms with van der Waals surface area (Å²) in [5, 5.41) is 11.0. The molecule has 3 aromatic rings. The van der Waals surface area contributed by atoms with Crippen molar-refractivity contribution < 1.29 is 4.79 Å². The molecule has 1 N–H and O–H groups in total. The fourth-order valence-electron chi connectivity index (χ4n) is 3.03. The summed E-state index contributed by atoms with van der Waals surface area (Å²) in [5.74, 6) is 0.424. The standard InChI is InChI=1S/C18H20N6OS/c25-17(8-14-4-7-26-13-14)22-15-9-21-24(12-15)18-19-10-16(11-20-18)23-5-2-1-3-6-23/h4,7,9-13H,1-3,5-6,8H2,(H,22,25). The van der Waals surface area contributed by atoms with E-state index in [0.717, 1.165) is 24.3 Å². The maximum atomic E-state index is 12.1. The van der Waals surface area contributed by atoms with Crippen molar-refractivity contribution in [1.82, 2.24) is 19.7 Å². The lowest BCUT2D eigenvalue weighted by Gasteiger charge is -2.28. The third-order valence-electron chi connectivity index (χ3n) is 4.36. The van der Waals surface area contributed by atoms with Crippen molar-refractivity contribution in [3.8, 4) is 5.95 Å². The van der Waals surface area contributed by atoms with Crippen molar-refractivity contribution in [1.29, 1.82) is 0 Å².